The molecule has 0 aliphatic heterocycles. The molecule has 0 aliphatic rings. The first-order chi connectivity index (χ1) is 9.08. The summed E-state index contributed by atoms with van der Waals surface area (Å²) in [6.07, 6.45) is 0. The van der Waals surface area contributed by atoms with Crippen LogP contribution < -0.4 is 14.4 Å². The molecule has 0 aromatic heterocycles. The lowest BCUT2D eigenvalue weighted by molar-refractivity contribution is 0.330. The van der Waals surface area contributed by atoms with Crippen molar-refractivity contribution in [3.63, 3.8) is 0 Å². The van der Waals surface area contributed by atoms with E-state index in [1.165, 1.54) is 0 Å². The lowest BCUT2D eigenvalue weighted by atomic mass is 10.2. The number of ether oxygens (including phenoxy) is 2. The second-order valence-corrected chi connectivity index (χ2v) is 4.72. The van der Waals surface area contributed by atoms with E-state index in [1.807, 2.05) is 32.0 Å². The molecule has 0 bridgehead atoms. The zero-order valence-electron chi connectivity index (χ0n) is 12.8. The van der Waals surface area contributed by atoms with Gasteiger partial charge in [0.2, 0.25) is 0 Å². The van der Waals surface area contributed by atoms with Crippen molar-refractivity contribution in [2.75, 3.05) is 52.3 Å². The number of rotatable bonds is 8. The number of nitrogens with zero attached hydrogens (tertiary/aromatic N) is 2. The summed E-state index contributed by atoms with van der Waals surface area (Å²) in [7, 11) is 6.24. The molecule has 108 valence electrons. The van der Waals surface area contributed by atoms with Crippen molar-refractivity contribution in [1.29, 1.82) is 0 Å². The van der Waals surface area contributed by atoms with E-state index in [0.29, 0.717) is 13.2 Å². The van der Waals surface area contributed by atoms with E-state index in [4.69, 9.17) is 9.47 Å². The van der Waals surface area contributed by atoms with Gasteiger partial charge >= 0.3 is 0 Å². The molecular formula is C15H26N2O2. The summed E-state index contributed by atoms with van der Waals surface area (Å²) >= 11 is 0. The van der Waals surface area contributed by atoms with E-state index in [0.717, 1.165) is 30.3 Å². The Morgan fingerprint density at radius 1 is 0.947 bits per heavy atom. The average molecular weight is 266 g/mol. The second kappa shape index (κ2) is 7.89. The molecule has 0 radical (unpaired) electrons. The summed E-state index contributed by atoms with van der Waals surface area (Å²) in [6.45, 7) is 7.28. The Hall–Kier alpha value is -1.42. The van der Waals surface area contributed by atoms with E-state index in [2.05, 4.69) is 30.9 Å². The maximum absolute atomic E-state index is 5.69. The molecule has 4 nitrogen and oxygen atoms in total. The van der Waals surface area contributed by atoms with Crippen LogP contribution >= 0.6 is 0 Å². The SMILES string of the molecule is CCOc1ccc(OCC)c(N(C)CCN(C)C)c1. The van der Waals surface area contributed by atoms with Gasteiger partial charge in [-0.2, -0.15) is 0 Å². The van der Waals surface area contributed by atoms with Gasteiger partial charge in [-0.3, -0.25) is 0 Å². The van der Waals surface area contributed by atoms with Crippen LogP contribution in [0.4, 0.5) is 5.69 Å². The minimum absolute atomic E-state index is 0.669. The van der Waals surface area contributed by atoms with Gasteiger partial charge in [0.15, 0.2) is 0 Å². The van der Waals surface area contributed by atoms with Crippen molar-refractivity contribution in [3.05, 3.63) is 18.2 Å². The summed E-state index contributed by atoms with van der Waals surface area (Å²) in [5.41, 5.74) is 1.08. The molecule has 1 aromatic carbocycles. The quantitative estimate of drug-likeness (QED) is 0.721. The first-order valence-corrected chi connectivity index (χ1v) is 6.84. The molecule has 0 N–H and O–H groups in total. The Labute approximate surface area is 116 Å². The lowest BCUT2D eigenvalue weighted by Gasteiger charge is -2.24. The lowest BCUT2D eigenvalue weighted by Crippen LogP contribution is -2.28. The first kappa shape index (κ1) is 15.6. The van der Waals surface area contributed by atoms with Crippen molar-refractivity contribution in [2.24, 2.45) is 0 Å². The van der Waals surface area contributed by atoms with E-state index in [1.54, 1.807) is 0 Å². The van der Waals surface area contributed by atoms with Crippen LogP contribution in [0.2, 0.25) is 0 Å². The van der Waals surface area contributed by atoms with Crippen LogP contribution in [-0.2, 0) is 0 Å². The molecule has 0 atom stereocenters. The topological polar surface area (TPSA) is 24.9 Å². The van der Waals surface area contributed by atoms with Gasteiger partial charge in [-0.25, -0.2) is 0 Å². The predicted molar refractivity (Wildman–Crippen MR) is 80.6 cm³/mol. The van der Waals surface area contributed by atoms with Gasteiger partial charge in [0.05, 0.1) is 18.9 Å². The van der Waals surface area contributed by atoms with Crippen LogP contribution in [0.15, 0.2) is 18.2 Å². The van der Waals surface area contributed by atoms with E-state index in [9.17, 15) is 0 Å². The highest BCUT2D eigenvalue weighted by atomic mass is 16.5. The summed E-state index contributed by atoms with van der Waals surface area (Å²) in [5.74, 6) is 1.80. The highest BCUT2D eigenvalue weighted by molar-refractivity contribution is 5.61. The van der Waals surface area contributed by atoms with Crippen molar-refractivity contribution < 1.29 is 9.47 Å². The highest BCUT2D eigenvalue weighted by Crippen LogP contribution is 2.31. The third kappa shape index (κ3) is 4.99. The Bertz CT molecular complexity index is 380. The Balaban J connectivity index is 2.88. The minimum Gasteiger partial charge on any atom is -0.494 e. The van der Waals surface area contributed by atoms with Crippen LogP contribution in [0.3, 0.4) is 0 Å². The summed E-state index contributed by atoms with van der Waals surface area (Å²) in [6, 6.07) is 5.98. The molecule has 0 fully saturated rings. The first-order valence-electron chi connectivity index (χ1n) is 6.84. The zero-order valence-corrected chi connectivity index (χ0v) is 12.8. The largest absolute Gasteiger partial charge is 0.494 e. The van der Waals surface area contributed by atoms with Gasteiger partial charge in [0.25, 0.3) is 0 Å². The predicted octanol–water partition coefficient (Wildman–Crippen LogP) is 2.48. The minimum atomic E-state index is 0.669. The molecule has 1 aromatic rings. The Morgan fingerprint density at radius 3 is 2.21 bits per heavy atom. The molecule has 4 heteroatoms. The van der Waals surface area contributed by atoms with E-state index in [-0.39, 0.29) is 0 Å². The number of hydrogen-bond donors (Lipinski definition) is 0. The van der Waals surface area contributed by atoms with Crippen LogP contribution in [-0.4, -0.2) is 52.3 Å². The number of anilines is 1. The van der Waals surface area contributed by atoms with Gasteiger partial charge in [0.1, 0.15) is 11.5 Å². The van der Waals surface area contributed by atoms with Crippen molar-refractivity contribution in [2.45, 2.75) is 13.8 Å². The zero-order chi connectivity index (χ0) is 14.3. The second-order valence-electron chi connectivity index (χ2n) is 4.72. The van der Waals surface area contributed by atoms with Crippen molar-refractivity contribution >= 4 is 5.69 Å². The smallest absolute Gasteiger partial charge is 0.142 e. The van der Waals surface area contributed by atoms with Crippen LogP contribution in [0.1, 0.15) is 13.8 Å². The molecular weight excluding hydrogens is 240 g/mol. The van der Waals surface area contributed by atoms with Crippen LogP contribution in [0.5, 0.6) is 11.5 Å². The van der Waals surface area contributed by atoms with Gasteiger partial charge in [0, 0.05) is 26.2 Å². The normalized spacial score (nSPS) is 10.6. The standard InChI is InChI=1S/C15H26N2O2/c1-6-18-13-8-9-15(19-7-2)14(12-13)17(5)11-10-16(3)4/h8-9,12H,6-7,10-11H2,1-5H3. The molecule has 0 aliphatic carbocycles. The summed E-state index contributed by atoms with van der Waals surface area (Å²) in [4.78, 5) is 4.37. The molecule has 0 saturated heterocycles. The molecule has 19 heavy (non-hydrogen) atoms. The van der Waals surface area contributed by atoms with Gasteiger partial charge < -0.3 is 19.3 Å². The van der Waals surface area contributed by atoms with Crippen LogP contribution in [0, 0.1) is 0 Å². The Kier molecular flexibility index (Phi) is 6.50. The van der Waals surface area contributed by atoms with Gasteiger partial charge in [-0.1, -0.05) is 0 Å². The van der Waals surface area contributed by atoms with E-state index < -0.39 is 0 Å². The maximum atomic E-state index is 5.69. The van der Waals surface area contributed by atoms with E-state index >= 15 is 0 Å². The molecule has 1 rings (SSSR count). The fourth-order valence-electron chi connectivity index (χ4n) is 1.80. The molecule has 0 saturated carbocycles. The van der Waals surface area contributed by atoms with Gasteiger partial charge in [-0.05, 0) is 40.1 Å². The molecule has 0 spiro atoms. The van der Waals surface area contributed by atoms with Crippen LogP contribution in [0.25, 0.3) is 0 Å². The number of likely N-dealkylation sites (N-methyl/N-ethyl adjacent to an activating group) is 2. The summed E-state index contributed by atoms with van der Waals surface area (Å²) < 4.78 is 11.3. The molecule has 0 unspecified atom stereocenters. The monoisotopic (exact) mass is 266 g/mol. The summed E-state index contributed by atoms with van der Waals surface area (Å²) in [5, 5.41) is 0. The number of benzene rings is 1. The maximum Gasteiger partial charge on any atom is 0.142 e. The Morgan fingerprint density at radius 2 is 1.63 bits per heavy atom. The molecule has 0 amide bonds. The molecule has 0 heterocycles. The fraction of sp³-hybridized carbons (Fsp3) is 0.600. The van der Waals surface area contributed by atoms with Crippen molar-refractivity contribution in [1.82, 2.24) is 4.90 Å². The highest BCUT2D eigenvalue weighted by Gasteiger charge is 2.10. The number of hydrogen-bond acceptors (Lipinski definition) is 4. The average Bonchev–Trinajstić information content (AvgIpc) is 2.38. The van der Waals surface area contributed by atoms with Gasteiger partial charge in [-0.15, -0.1) is 0 Å². The van der Waals surface area contributed by atoms with Crippen molar-refractivity contribution in [3.8, 4) is 11.5 Å². The third-order valence-corrected chi connectivity index (χ3v) is 2.84. The fourth-order valence-corrected chi connectivity index (χ4v) is 1.80. The third-order valence-electron chi connectivity index (χ3n) is 2.84.